The SMILES string of the molecule is O=C(NCC12CC3CC(CC(C3)C1)C2)c1ccc(F)cc1. The molecule has 0 saturated heterocycles. The molecule has 112 valence electrons. The van der Waals surface area contributed by atoms with Gasteiger partial charge < -0.3 is 5.32 Å². The molecule has 5 rings (SSSR count). The number of hydrogen-bond acceptors (Lipinski definition) is 1. The highest BCUT2D eigenvalue weighted by Crippen LogP contribution is 2.59. The Morgan fingerprint density at radius 1 is 1.05 bits per heavy atom. The molecule has 0 atom stereocenters. The van der Waals surface area contributed by atoms with Gasteiger partial charge in [0.1, 0.15) is 5.82 Å². The van der Waals surface area contributed by atoms with E-state index < -0.39 is 0 Å². The lowest BCUT2D eigenvalue weighted by molar-refractivity contribution is -0.0503. The van der Waals surface area contributed by atoms with Crippen LogP contribution in [0.25, 0.3) is 0 Å². The number of hydrogen-bond donors (Lipinski definition) is 1. The Hall–Kier alpha value is -1.38. The van der Waals surface area contributed by atoms with Gasteiger partial charge in [-0.2, -0.15) is 0 Å². The molecule has 2 nitrogen and oxygen atoms in total. The Bertz CT molecular complexity index is 516. The first-order valence-electron chi connectivity index (χ1n) is 8.16. The second kappa shape index (κ2) is 4.82. The van der Waals surface area contributed by atoms with Crippen molar-refractivity contribution in [3.05, 3.63) is 35.6 Å². The molecule has 21 heavy (non-hydrogen) atoms. The van der Waals surface area contributed by atoms with Gasteiger partial charge in [-0.25, -0.2) is 4.39 Å². The van der Waals surface area contributed by atoms with Gasteiger partial charge in [-0.1, -0.05) is 0 Å². The standard InChI is InChI=1S/C18H22FNO/c19-16-3-1-15(2-4-16)17(21)20-11-18-8-12-5-13(9-18)7-14(6-12)10-18/h1-4,12-14H,5-11H2,(H,20,21). The third kappa shape index (κ3) is 2.47. The van der Waals surface area contributed by atoms with Crippen LogP contribution in [-0.4, -0.2) is 12.5 Å². The van der Waals surface area contributed by atoms with Gasteiger partial charge in [0, 0.05) is 12.1 Å². The molecule has 0 heterocycles. The maximum atomic E-state index is 12.9. The molecule has 4 aliphatic rings. The third-order valence-electron chi connectivity index (χ3n) is 5.90. The number of halogens is 1. The van der Waals surface area contributed by atoms with Crippen LogP contribution in [0.1, 0.15) is 48.9 Å². The first-order chi connectivity index (χ1) is 10.1. The normalized spacial score (nSPS) is 36.7. The van der Waals surface area contributed by atoms with E-state index in [0.29, 0.717) is 11.0 Å². The molecule has 0 radical (unpaired) electrons. The lowest BCUT2D eigenvalue weighted by atomic mass is 9.49. The van der Waals surface area contributed by atoms with Gasteiger partial charge in [0.15, 0.2) is 0 Å². The van der Waals surface area contributed by atoms with Crippen LogP contribution in [0, 0.1) is 29.0 Å². The molecule has 0 aromatic heterocycles. The zero-order valence-electron chi connectivity index (χ0n) is 12.3. The number of rotatable bonds is 3. The van der Waals surface area contributed by atoms with Crippen molar-refractivity contribution in [2.75, 3.05) is 6.54 Å². The zero-order valence-corrected chi connectivity index (χ0v) is 12.3. The maximum Gasteiger partial charge on any atom is 0.251 e. The van der Waals surface area contributed by atoms with Crippen LogP contribution in [0.15, 0.2) is 24.3 Å². The minimum absolute atomic E-state index is 0.0641. The second-order valence-corrected chi connectivity index (χ2v) is 7.61. The zero-order chi connectivity index (χ0) is 14.4. The summed E-state index contributed by atoms with van der Waals surface area (Å²) in [7, 11) is 0. The van der Waals surface area contributed by atoms with E-state index in [1.807, 2.05) is 0 Å². The quantitative estimate of drug-likeness (QED) is 0.901. The number of carbonyl (C=O) groups is 1. The molecule has 1 aromatic carbocycles. The predicted octanol–water partition coefficient (Wildman–Crippen LogP) is 3.77. The predicted molar refractivity (Wildman–Crippen MR) is 79.3 cm³/mol. The summed E-state index contributed by atoms with van der Waals surface area (Å²) in [6.45, 7) is 0.798. The molecule has 1 aromatic rings. The van der Waals surface area contributed by atoms with Crippen LogP contribution < -0.4 is 5.32 Å². The van der Waals surface area contributed by atoms with E-state index in [0.717, 1.165) is 24.3 Å². The number of benzene rings is 1. The maximum absolute atomic E-state index is 12.9. The first kappa shape index (κ1) is 13.3. The molecule has 0 unspecified atom stereocenters. The van der Waals surface area contributed by atoms with E-state index in [1.54, 1.807) is 12.1 Å². The van der Waals surface area contributed by atoms with E-state index in [4.69, 9.17) is 0 Å². The van der Waals surface area contributed by atoms with Crippen LogP contribution in [-0.2, 0) is 0 Å². The molecule has 0 aliphatic heterocycles. The fourth-order valence-corrected chi connectivity index (χ4v) is 5.48. The van der Waals surface area contributed by atoms with Gasteiger partial charge in [-0.05, 0) is 86.0 Å². The Morgan fingerprint density at radius 3 is 2.10 bits per heavy atom. The van der Waals surface area contributed by atoms with Gasteiger partial charge in [0.2, 0.25) is 0 Å². The van der Waals surface area contributed by atoms with E-state index in [9.17, 15) is 9.18 Å². The van der Waals surface area contributed by atoms with Crippen molar-refractivity contribution < 1.29 is 9.18 Å². The van der Waals surface area contributed by atoms with E-state index in [1.165, 1.54) is 50.7 Å². The molecule has 4 saturated carbocycles. The van der Waals surface area contributed by atoms with Gasteiger partial charge in [0.25, 0.3) is 5.91 Å². The summed E-state index contributed by atoms with van der Waals surface area (Å²) >= 11 is 0. The summed E-state index contributed by atoms with van der Waals surface area (Å²) in [5, 5.41) is 3.11. The summed E-state index contributed by atoms with van der Waals surface area (Å²) in [5.74, 6) is 2.34. The molecule has 4 bridgehead atoms. The van der Waals surface area contributed by atoms with Crippen LogP contribution >= 0.6 is 0 Å². The van der Waals surface area contributed by atoms with E-state index in [-0.39, 0.29) is 11.7 Å². The van der Waals surface area contributed by atoms with Crippen molar-refractivity contribution >= 4 is 5.91 Å². The summed E-state index contributed by atoms with van der Waals surface area (Å²) in [5.41, 5.74) is 0.908. The molecule has 3 heteroatoms. The molecule has 0 spiro atoms. The van der Waals surface area contributed by atoms with Gasteiger partial charge in [-0.3, -0.25) is 4.79 Å². The largest absolute Gasteiger partial charge is 0.351 e. The van der Waals surface area contributed by atoms with Crippen molar-refractivity contribution in [1.82, 2.24) is 5.32 Å². The minimum Gasteiger partial charge on any atom is -0.351 e. The Labute approximate surface area is 125 Å². The van der Waals surface area contributed by atoms with Crippen molar-refractivity contribution in [3.63, 3.8) is 0 Å². The molecule has 1 amide bonds. The number of carbonyl (C=O) groups excluding carboxylic acids is 1. The van der Waals surface area contributed by atoms with Crippen LogP contribution in [0.2, 0.25) is 0 Å². The molecule has 1 N–H and O–H groups in total. The van der Waals surface area contributed by atoms with Crippen LogP contribution in [0.3, 0.4) is 0 Å². The Kier molecular flexibility index (Phi) is 3.05. The van der Waals surface area contributed by atoms with Gasteiger partial charge in [-0.15, -0.1) is 0 Å². The fourth-order valence-electron chi connectivity index (χ4n) is 5.48. The van der Waals surface area contributed by atoms with Crippen LogP contribution in [0.5, 0.6) is 0 Å². The van der Waals surface area contributed by atoms with E-state index in [2.05, 4.69) is 5.32 Å². The van der Waals surface area contributed by atoms with Gasteiger partial charge >= 0.3 is 0 Å². The Morgan fingerprint density at radius 2 is 1.57 bits per heavy atom. The van der Waals surface area contributed by atoms with Crippen molar-refractivity contribution in [2.45, 2.75) is 38.5 Å². The summed E-state index contributed by atoms with van der Waals surface area (Å²) < 4.78 is 12.9. The lowest BCUT2D eigenvalue weighted by Crippen LogP contribution is -2.51. The van der Waals surface area contributed by atoms with Crippen LogP contribution in [0.4, 0.5) is 4.39 Å². The molecule has 4 aliphatic carbocycles. The first-order valence-corrected chi connectivity index (χ1v) is 8.16. The summed E-state index contributed by atoms with van der Waals surface area (Å²) in [6.07, 6.45) is 8.15. The van der Waals surface area contributed by atoms with Crippen molar-refractivity contribution in [1.29, 1.82) is 0 Å². The number of amides is 1. The average molecular weight is 287 g/mol. The fraction of sp³-hybridized carbons (Fsp3) is 0.611. The topological polar surface area (TPSA) is 29.1 Å². The second-order valence-electron chi connectivity index (χ2n) is 7.61. The summed E-state index contributed by atoms with van der Waals surface area (Å²) in [4.78, 5) is 12.2. The highest BCUT2D eigenvalue weighted by atomic mass is 19.1. The number of nitrogens with one attached hydrogen (secondary N) is 1. The van der Waals surface area contributed by atoms with Crippen molar-refractivity contribution in [3.8, 4) is 0 Å². The summed E-state index contributed by atoms with van der Waals surface area (Å²) in [6, 6.07) is 5.81. The average Bonchev–Trinajstić information content (AvgIpc) is 2.44. The molecule has 4 fully saturated rings. The third-order valence-corrected chi connectivity index (χ3v) is 5.90. The minimum atomic E-state index is -0.298. The smallest absolute Gasteiger partial charge is 0.251 e. The van der Waals surface area contributed by atoms with E-state index >= 15 is 0 Å². The monoisotopic (exact) mass is 287 g/mol. The lowest BCUT2D eigenvalue weighted by Gasteiger charge is -2.56. The Balaban J connectivity index is 1.42. The molecular formula is C18H22FNO. The van der Waals surface area contributed by atoms with Crippen molar-refractivity contribution in [2.24, 2.45) is 23.2 Å². The van der Waals surface area contributed by atoms with Gasteiger partial charge in [0.05, 0.1) is 0 Å². The highest BCUT2D eigenvalue weighted by Gasteiger charge is 2.50. The highest BCUT2D eigenvalue weighted by molar-refractivity contribution is 5.94. The molecular weight excluding hydrogens is 265 g/mol.